The molecule has 1 aliphatic rings. The Balaban J connectivity index is 2.39. The van der Waals surface area contributed by atoms with E-state index >= 15 is 0 Å². The van der Waals surface area contributed by atoms with Crippen LogP contribution < -0.4 is 5.32 Å². The van der Waals surface area contributed by atoms with E-state index in [9.17, 15) is 0 Å². The molecule has 1 N–H and O–H groups in total. The van der Waals surface area contributed by atoms with E-state index in [2.05, 4.69) is 50.1 Å². The Hall–Kier alpha value is -0.120. The average Bonchev–Trinajstić information content (AvgIpc) is 2.22. The number of nitrogens with zero attached hydrogens (tertiary/aromatic N) is 2. The van der Waals surface area contributed by atoms with Crippen LogP contribution in [0, 0.1) is 0 Å². The molecule has 0 aliphatic heterocycles. The van der Waals surface area contributed by atoms with Gasteiger partial charge in [0.15, 0.2) is 0 Å². The van der Waals surface area contributed by atoms with E-state index in [0.29, 0.717) is 11.6 Å². The van der Waals surface area contributed by atoms with Crippen molar-refractivity contribution in [2.45, 2.75) is 51.1 Å². The van der Waals surface area contributed by atoms with Crippen LogP contribution in [0.3, 0.4) is 0 Å². The smallest absolute Gasteiger partial charge is 0.0330 e. The second-order valence-electron chi connectivity index (χ2n) is 5.83. The minimum atomic E-state index is 0.458. The molecule has 0 aromatic heterocycles. The Morgan fingerprint density at radius 1 is 1.18 bits per heavy atom. The summed E-state index contributed by atoms with van der Waals surface area (Å²) in [6, 6.07) is 0.643. The van der Waals surface area contributed by atoms with Crippen molar-refractivity contribution >= 4 is 0 Å². The molecular formula is C14H31N3. The first-order chi connectivity index (χ1) is 8.04. The number of likely N-dealkylation sites (N-methyl/N-ethyl adjacent to an activating group) is 3. The minimum absolute atomic E-state index is 0.458. The van der Waals surface area contributed by atoms with Crippen molar-refractivity contribution < 1.29 is 0 Å². The summed E-state index contributed by atoms with van der Waals surface area (Å²) in [5.74, 6) is 0. The summed E-state index contributed by atoms with van der Waals surface area (Å²) in [5, 5.41) is 3.56. The quantitative estimate of drug-likeness (QED) is 0.699. The Labute approximate surface area is 108 Å². The predicted molar refractivity (Wildman–Crippen MR) is 75.5 cm³/mol. The lowest BCUT2D eigenvalue weighted by Crippen LogP contribution is -2.57. The number of hydrogen-bond donors (Lipinski definition) is 1. The molecule has 0 aromatic carbocycles. The highest BCUT2D eigenvalue weighted by Crippen LogP contribution is 2.36. The van der Waals surface area contributed by atoms with Gasteiger partial charge in [-0.3, -0.25) is 0 Å². The molecule has 0 amide bonds. The van der Waals surface area contributed by atoms with Gasteiger partial charge in [0.2, 0.25) is 0 Å². The van der Waals surface area contributed by atoms with Crippen molar-refractivity contribution in [3.63, 3.8) is 0 Å². The third-order valence-corrected chi connectivity index (χ3v) is 4.31. The van der Waals surface area contributed by atoms with Crippen LogP contribution in [-0.4, -0.2) is 62.2 Å². The Bertz CT molecular complexity index is 212. The van der Waals surface area contributed by atoms with Gasteiger partial charge in [-0.2, -0.15) is 0 Å². The lowest BCUT2D eigenvalue weighted by Gasteiger charge is -2.49. The van der Waals surface area contributed by atoms with E-state index in [0.717, 1.165) is 6.54 Å². The third kappa shape index (κ3) is 3.94. The van der Waals surface area contributed by atoms with E-state index in [1.54, 1.807) is 0 Å². The van der Waals surface area contributed by atoms with Crippen LogP contribution in [0.4, 0.5) is 0 Å². The predicted octanol–water partition coefficient (Wildman–Crippen LogP) is 1.79. The molecule has 3 heteroatoms. The summed E-state index contributed by atoms with van der Waals surface area (Å²) in [5.41, 5.74) is 0.458. The van der Waals surface area contributed by atoms with E-state index in [-0.39, 0.29) is 0 Å². The summed E-state index contributed by atoms with van der Waals surface area (Å²) in [4.78, 5) is 4.94. The minimum Gasteiger partial charge on any atom is -0.313 e. The highest BCUT2D eigenvalue weighted by Gasteiger charge is 2.39. The lowest BCUT2D eigenvalue weighted by atomic mass is 9.75. The first-order valence-corrected chi connectivity index (χ1v) is 7.13. The summed E-state index contributed by atoms with van der Waals surface area (Å²) in [6.45, 7) is 7.91. The molecule has 0 spiro atoms. The van der Waals surface area contributed by atoms with Crippen LogP contribution in [0.5, 0.6) is 0 Å². The van der Waals surface area contributed by atoms with Crippen molar-refractivity contribution in [1.82, 2.24) is 15.1 Å². The molecule has 0 heterocycles. The molecule has 1 fully saturated rings. The molecule has 102 valence electrons. The van der Waals surface area contributed by atoms with Crippen molar-refractivity contribution in [2.24, 2.45) is 0 Å². The topological polar surface area (TPSA) is 18.5 Å². The van der Waals surface area contributed by atoms with Gasteiger partial charge >= 0.3 is 0 Å². The van der Waals surface area contributed by atoms with Crippen LogP contribution in [0.15, 0.2) is 0 Å². The van der Waals surface area contributed by atoms with E-state index < -0.39 is 0 Å². The van der Waals surface area contributed by atoms with E-state index in [1.807, 2.05) is 0 Å². The largest absolute Gasteiger partial charge is 0.313 e. The molecule has 1 atom stereocenters. The van der Waals surface area contributed by atoms with Crippen LogP contribution in [-0.2, 0) is 0 Å². The summed E-state index contributed by atoms with van der Waals surface area (Å²) in [7, 11) is 6.73. The van der Waals surface area contributed by atoms with Crippen molar-refractivity contribution in [2.75, 3.05) is 40.8 Å². The highest BCUT2D eigenvalue weighted by atomic mass is 15.2. The lowest BCUT2D eigenvalue weighted by molar-refractivity contribution is 0.0256. The van der Waals surface area contributed by atoms with Gasteiger partial charge in [-0.05, 0) is 53.4 Å². The highest BCUT2D eigenvalue weighted by molar-refractivity contribution is 4.98. The van der Waals surface area contributed by atoms with Crippen LogP contribution in [0.2, 0.25) is 0 Å². The van der Waals surface area contributed by atoms with Gasteiger partial charge in [0.25, 0.3) is 0 Å². The maximum absolute atomic E-state index is 3.56. The van der Waals surface area contributed by atoms with Gasteiger partial charge in [-0.1, -0.05) is 13.8 Å². The molecule has 1 saturated carbocycles. The number of hydrogen-bond acceptors (Lipinski definition) is 3. The van der Waals surface area contributed by atoms with Gasteiger partial charge in [-0.15, -0.1) is 0 Å². The summed E-state index contributed by atoms with van der Waals surface area (Å²) in [6.07, 6.45) is 5.34. The first kappa shape index (κ1) is 14.9. The average molecular weight is 241 g/mol. The number of rotatable bonds is 8. The molecule has 1 unspecified atom stereocenters. The summed E-state index contributed by atoms with van der Waals surface area (Å²) >= 11 is 0. The van der Waals surface area contributed by atoms with E-state index in [1.165, 1.54) is 38.8 Å². The van der Waals surface area contributed by atoms with Gasteiger partial charge in [-0.25, -0.2) is 0 Å². The first-order valence-electron chi connectivity index (χ1n) is 7.13. The van der Waals surface area contributed by atoms with Gasteiger partial charge in [0.1, 0.15) is 0 Å². The Morgan fingerprint density at radius 3 is 2.18 bits per heavy atom. The van der Waals surface area contributed by atoms with Gasteiger partial charge in [0, 0.05) is 24.7 Å². The zero-order valence-corrected chi connectivity index (χ0v) is 12.4. The molecule has 0 saturated heterocycles. The fourth-order valence-electron chi connectivity index (χ4n) is 2.90. The maximum Gasteiger partial charge on any atom is 0.0330 e. The molecular weight excluding hydrogens is 210 g/mol. The van der Waals surface area contributed by atoms with Crippen molar-refractivity contribution in [1.29, 1.82) is 0 Å². The zero-order chi connectivity index (χ0) is 12.9. The van der Waals surface area contributed by atoms with Gasteiger partial charge in [0.05, 0.1) is 0 Å². The Kier molecular flexibility index (Phi) is 5.90. The zero-order valence-electron chi connectivity index (χ0n) is 12.4. The third-order valence-electron chi connectivity index (χ3n) is 4.31. The molecule has 1 aliphatic carbocycles. The van der Waals surface area contributed by atoms with E-state index in [4.69, 9.17) is 0 Å². The summed E-state index contributed by atoms with van der Waals surface area (Å²) < 4.78 is 0. The van der Waals surface area contributed by atoms with Gasteiger partial charge < -0.3 is 15.1 Å². The van der Waals surface area contributed by atoms with Crippen molar-refractivity contribution in [3.05, 3.63) is 0 Å². The molecule has 17 heavy (non-hydrogen) atoms. The molecule has 1 rings (SSSR count). The van der Waals surface area contributed by atoms with Crippen LogP contribution >= 0.6 is 0 Å². The fraction of sp³-hybridized carbons (Fsp3) is 1.00. The fourth-order valence-corrected chi connectivity index (χ4v) is 2.90. The number of nitrogens with one attached hydrogen (secondary N) is 1. The Morgan fingerprint density at radius 2 is 1.82 bits per heavy atom. The molecule has 3 nitrogen and oxygen atoms in total. The molecule has 0 aromatic rings. The van der Waals surface area contributed by atoms with Crippen LogP contribution in [0.25, 0.3) is 0 Å². The SMILES string of the molecule is CCNC(CC)CN(C)CC1(N(C)C)CCC1. The second kappa shape index (κ2) is 6.72. The molecule has 0 bridgehead atoms. The van der Waals surface area contributed by atoms with Crippen LogP contribution in [0.1, 0.15) is 39.5 Å². The van der Waals surface area contributed by atoms with Crippen molar-refractivity contribution in [3.8, 4) is 0 Å². The second-order valence-corrected chi connectivity index (χ2v) is 5.83. The normalized spacial score (nSPS) is 20.6. The molecule has 0 radical (unpaired) electrons. The standard InChI is InChI=1S/C14H31N3/c1-6-13(15-7-2)11-17(5)12-14(16(3)4)9-8-10-14/h13,15H,6-12H2,1-5H3. The maximum atomic E-state index is 3.56. The monoisotopic (exact) mass is 241 g/mol.